The van der Waals surface area contributed by atoms with Gasteiger partial charge in [-0.2, -0.15) is 0 Å². The highest BCUT2D eigenvalue weighted by molar-refractivity contribution is 5.71. The van der Waals surface area contributed by atoms with Crippen LogP contribution in [-0.4, -0.2) is 24.2 Å². The second kappa shape index (κ2) is 3.53. The number of nitrogens with one attached hydrogen (secondary N) is 1. The quantitative estimate of drug-likeness (QED) is 0.575. The lowest BCUT2D eigenvalue weighted by atomic mass is 9.89. The van der Waals surface area contributed by atoms with E-state index in [9.17, 15) is 4.79 Å². The molecule has 2 N–H and O–H groups in total. The molecule has 2 atom stereocenters. The largest absolute Gasteiger partial charge is 0.481 e. The van der Waals surface area contributed by atoms with Gasteiger partial charge in [0, 0.05) is 6.04 Å². The summed E-state index contributed by atoms with van der Waals surface area (Å²) in [6.07, 6.45) is 5.45. The maximum absolute atomic E-state index is 10.6. The summed E-state index contributed by atoms with van der Waals surface area (Å²) in [6, 6.07) is 0.109. The average molecular weight is 155 g/mol. The lowest BCUT2D eigenvalue weighted by Gasteiger charge is -2.24. The van der Waals surface area contributed by atoms with Crippen LogP contribution >= 0.6 is 0 Å². The number of allylic oxidation sites excluding steroid dienone is 1. The summed E-state index contributed by atoms with van der Waals surface area (Å²) in [4.78, 5) is 10.6. The summed E-state index contributed by atoms with van der Waals surface area (Å²) < 4.78 is 0. The summed E-state index contributed by atoms with van der Waals surface area (Å²) in [7, 11) is 1.81. The van der Waals surface area contributed by atoms with Crippen molar-refractivity contribution in [2.45, 2.75) is 18.9 Å². The molecule has 0 aliphatic heterocycles. The van der Waals surface area contributed by atoms with Crippen LogP contribution in [0.15, 0.2) is 12.2 Å². The van der Waals surface area contributed by atoms with Crippen LogP contribution in [0.2, 0.25) is 0 Å². The molecule has 0 unspecified atom stereocenters. The SMILES string of the molecule is CN[C@@H]1CC=CC[C@H]1C(=O)O. The Kier molecular flexibility index (Phi) is 2.65. The van der Waals surface area contributed by atoms with E-state index in [0.29, 0.717) is 6.42 Å². The molecule has 62 valence electrons. The Hall–Kier alpha value is -0.830. The van der Waals surface area contributed by atoms with Crippen molar-refractivity contribution in [3.05, 3.63) is 12.2 Å². The number of hydrogen-bond acceptors (Lipinski definition) is 2. The molecule has 0 saturated carbocycles. The minimum Gasteiger partial charge on any atom is -0.481 e. The third-order valence-electron chi connectivity index (χ3n) is 2.12. The molecule has 0 bridgehead atoms. The van der Waals surface area contributed by atoms with Gasteiger partial charge in [0.2, 0.25) is 0 Å². The van der Waals surface area contributed by atoms with Crippen molar-refractivity contribution in [3.63, 3.8) is 0 Å². The number of carboxylic acids is 1. The van der Waals surface area contributed by atoms with Gasteiger partial charge in [0.05, 0.1) is 5.92 Å². The van der Waals surface area contributed by atoms with E-state index in [2.05, 4.69) is 5.32 Å². The Balaban J connectivity index is 2.61. The van der Waals surface area contributed by atoms with Crippen molar-refractivity contribution in [1.29, 1.82) is 0 Å². The van der Waals surface area contributed by atoms with E-state index in [1.807, 2.05) is 12.2 Å². The van der Waals surface area contributed by atoms with Crippen LogP contribution in [0.4, 0.5) is 0 Å². The van der Waals surface area contributed by atoms with E-state index >= 15 is 0 Å². The fraction of sp³-hybridized carbons (Fsp3) is 0.625. The maximum atomic E-state index is 10.6. The fourth-order valence-corrected chi connectivity index (χ4v) is 1.41. The first-order chi connectivity index (χ1) is 5.25. The Morgan fingerprint density at radius 3 is 2.64 bits per heavy atom. The smallest absolute Gasteiger partial charge is 0.308 e. The van der Waals surface area contributed by atoms with Gasteiger partial charge in [-0.3, -0.25) is 4.79 Å². The number of carbonyl (C=O) groups is 1. The second-order valence-electron chi connectivity index (χ2n) is 2.78. The fourth-order valence-electron chi connectivity index (χ4n) is 1.41. The van der Waals surface area contributed by atoms with E-state index in [1.165, 1.54) is 0 Å². The van der Waals surface area contributed by atoms with Gasteiger partial charge in [0.1, 0.15) is 0 Å². The topological polar surface area (TPSA) is 49.3 Å². The first-order valence-corrected chi connectivity index (χ1v) is 3.80. The van der Waals surface area contributed by atoms with E-state index in [-0.39, 0.29) is 12.0 Å². The molecule has 0 heterocycles. The van der Waals surface area contributed by atoms with Crippen molar-refractivity contribution in [1.82, 2.24) is 5.32 Å². The van der Waals surface area contributed by atoms with Gasteiger partial charge in [-0.05, 0) is 19.9 Å². The van der Waals surface area contributed by atoms with E-state index in [0.717, 1.165) is 6.42 Å². The Bertz CT molecular complexity index is 177. The zero-order valence-corrected chi connectivity index (χ0v) is 6.58. The summed E-state index contributed by atoms with van der Waals surface area (Å²) in [6.45, 7) is 0. The van der Waals surface area contributed by atoms with Gasteiger partial charge in [-0.1, -0.05) is 12.2 Å². The van der Waals surface area contributed by atoms with E-state index in [4.69, 9.17) is 5.11 Å². The van der Waals surface area contributed by atoms with E-state index < -0.39 is 5.97 Å². The first kappa shape index (κ1) is 8.27. The van der Waals surface area contributed by atoms with Gasteiger partial charge in [-0.15, -0.1) is 0 Å². The number of rotatable bonds is 2. The molecular weight excluding hydrogens is 142 g/mol. The predicted molar refractivity (Wildman–Crippen MR) is 42.3 cm³/mol. The van der Waals surface area contributed by atoms with Gasteiger partial charge in [-0.25, -0.2) is 0 Å². The maximum Gasteiger partial charge on any atom is 0.308 e. The van der Waals surface area contributed by atoms with Crippen LogP contribution in [0.3, 0.4) is 0 Å². The van der Waals surface area contributed by atoms with Gasteiger partial charge in [0.25, 0.3) is 0 Å². The third-order valence-corrected chi connectivity index (χ3v) is 2.12. The monoisotopic (exact) mass is 155 g/mol. The Morgan fingerprint density at radius 2 is 2.18 bits per heavy atom. The van der Waals surface area contributed by atoms with Crippen molar-refractivity contribution >= 4 is 5.97 Å². The van der Waals surface area contributed by atoms with Crippen LogP contribution in [0.25, 0.3) is 0 Å². The summed E-state index contributed by atoms with van der Waals surface area (Å²) in [5, 5.41) is 11.8. The van der Waals surface area contributed by atoms with Crippen molar-refractivity contribution in [3.8, 4) is 0 Å². The van der Waals surface area contributed by atoms with Crippen LogP contribution in [0.1, 0.15) is 12.8 Å². The molecule has 0 aromatic rings. The highest BCUT2D eigenvalue weighted by Gasteiger charge is 2.26. The predicted octanol–water partition coefficient (Wildman–Crippen LogP) is 0.625. The molecule has 3 nitrogen and oxygen atoms in total. The molecular formula is C8H13NO2. The average Bonchev–Trinajstić information content (AvgIpc) is 2.04. The molecule has 11 heavy (non-hydrogen) atoms. The standard InChI is InChI=1S/C8H13NO2/c1-9-7-5-3-2-4-6(7)8(10)11/h2-3,6-7,9H,4-5H2,1H3,(H,10,11)/t6-,7-/m1/s1. The zero-order valence-electron chi connectivity index (χ0n) is 6.58. The highest BCUT2D eigenvalue weighted by atomic mass is 16.4. The van der Waals surface area contributed by atoms with Crippen LogP contribution in [0, 0.1) is 5.92 Å². The van der Waals surface area contributed by atoms with E-state index in [1.54, 1.807) is 7.05 Å². The van der Waals surface area contributed by atoms with Crippen molar-refractivity contribution in [2.75, 3.05) is 7.05 Å². The zero-order chi connectivity index (χ0) is 8.27. The van der Waals surface area contributed by atoms with Crippen molar-refractivity contribution in [2.24, 2.45) is 5.92 Å². The normalized spacial score (nSPS) is 30.3. The van der Waals surface area contributed by atoms with Crippen LogP contribution in [-0.2, 0) is 4.79 Å². The lowest BCUT2D eigenvalue weighted by molar-refractivity contribution is -0.142. The molecule has 1 aliphatic rings. The molecule has 0 amide bonds. The minimum absolute atomic E-state index is 0.109. The Morgan fingerprint density at radius 1 is 1.55 bits per heavy atom. The van der Waals surface area contributed by atoms with Crippen LogP contribution in [0.5, 0.6) is 0 Å². The summed E-state index contributed by atoms with van der Waals surface area (Å²) >= 11 is 0. The third kappa shape index (κ3) is 1.80. The summed E-state index contributed by atoms with van der Waals surface area (Å²) in [5.41, 5.74) is 0. The molecule has 0 aromatic heterocycles. The van der Waals surface area contributed by atoms with Crippen LogP contribution < -0.4 is 5.32 Å². The molecule has 0 aromatic carbocycles. The molecule has 0 fully saturated rings. The van der Waals surface area contributed by atoms with Crippen molar-refractivity contribution < 1.29 is 9.90 Å². The number of hydrogen-bond donors (Lipinski definition) is 2. The molecule has 0 spiro atoms. The minimum atomic E-state index is -0.700. The Labute approximate surface area is 66.1 Å². The molecule has 3 heteroatoms. The number of aliphatic carboxylic acids is 1. The van der Waals surface area contributed by atoms with Gasteiger partial charge in [0.15, 0.2) is 0 Å². The molecule has 0 radical (unpaired) electrons. The highest BCUT2D eigenvalue weighted by Crippen LogP contribution is 2.18. The summed E-state index contributed by atoms with van der Waals surface area (Å²) in [5.74, 6) is -0.946. The molecule has 1 rings (SSSR count). The first-order valence-electron chi connectivity index (χ1n) is 3.80. The second-order valence-corrected chi connectivity index (χ2v) is 2.78. The van der Waals surface area contributed by atoms with Gasteiger partial charge < -0.3 is 10.4 Å². The molecule has 0 saturated heterocycles. The molecule has 1 aliphatic carbocycles. The lowest BCUT2D eigenvalue weighted by Crippen LogP contribution is -2.38. The van der Waals surface area contributed by atoms with Gasteiger partial charge >= 0.3 is 5.97 Å². The number of carboxylic acid groups (broad SMARTS) is 1.